The van der Waals surface area contributed by atoms with Crippen LogP contribution in [0.5, 0.6) is 0 Å². The first-order chi connectivity index (χ1) is 8.25. The predicted molar refractivity (Wildman–Crippen MR) is 78.0 cm³/mol. The maximum Gasteiger partial charge on any atom is 0.0523 e. The standard InChI is InChI=1S/C15H15BrS/c1-10-7-8-14(17-10)15(16)13-9-12(13)11-5-3-2-4-6-11/h2-8,12-13,15H,9H2,1H3. The van der Waals surface area contributed by atoms with Crippen LogP contribution in [0.1, 0.15) is 32.5 Å². The van der Waals surface area contributed by atoms with E-state index >= 15 is 0 Å². The zero-order valence-corrected chi connectivity index (χ0v) is 12.2. The molecule has 88 valence electrons. The van der Waals surface area contributed by atoms with E-state index < -0.39 is 0 Å². The van der Waals surface area contributed by atoms with Crippen molar-refractivity contribution >= 4 is 27.3 Å². The number of rotatable bonds is 3. The van der Waals surface area contributed by atoms with Gasteiger partial charge in [0.2, 0.25) is 0 Å². The first kappa shape index (κ1) is 11.5. The van der Waals surface area contributed by atoms with Crippen molar-refractivity contribution in [3.63, 3.8) is 0 Å². The van der Waals surface area contributed by atoms with Gasteiger partial charge in [-0.05, 0) is 42.9 Å². The van der Waals surface area contributed by atoms with Crippen LogP contribution in [-0.4, -0.2) is 0 Å². The summed E-state index contributed by atoms with van der Waals surface area (Å²) >= 11 is 5.79. The van der Waals surface area contributed by atoms with Crippen molar-refractivity contribution in [2.24, 2.45) is 5.92 Å². The highest BCUT2D eigenvalue weighted by Gasteiger charge is 2.43. The van der Waals surface area contributed by atoms with Gasteiger partial charge in [0.05, 0.1) is 4.83 Å². The molecule has 1 aromatic heterocycles. The molecule has 0 aliphatic heterocycles. The van der Waals surface area contributed by atoms with Crippen LogP contribution in [0.4, 0.5) is 0 Å². The summed E-state index contributed by atoms with van der Waals surface area (Å²) in [5.41, 5.74) is 1.50. The molecule has 3 unspecified atom stereocenters. The Morgan fingerprint density at radius 3 is 2.59 bits per heavy atom. The SMILES string of the molecule is Cc1ccc(C(Br)C2CC2c2ccccc2)s1. The Morgan fingerprint density at radius 2 is 1.94 bits per heavy atom. The molecule has 17 heavy (non-hydrogen) atoms. The van der Waals surface area contributed by atoms with Gasteiger partial charge < -0.3 is 0 Å². The normalized spacial score (nSPS) is 24.6. The summed E-state index contributed by atoms with van der Waals surface area (Å²) in [4.78, 5) is 3.42. The summed E-state index contributed by atoms with van der Waals surface area (Å²) in [6.45, 7) is 2.18. The molecule has 2 aromatic rings. The summed E-state index contributed by atoms with van der Waals surface area (Å²) in [7, 11) is 0. The number of halogens is 1. The third-order valence-corrected chi connectivity index (χ3v) is 6.04. The molecule has 0 bridgehead atoms. The van der Waals surface area contributed by atoms with Crippen LogP contribution >= 0.6 is 27.3 Å². The summed E-state index contributed by atoms with van der Waals surface area (Å²) in [6, 6.07) is 15.4. The molecular weight excluding hydrogens is 292 g/mol. The van der Waals surface area contributed by atoms with Gasteiger partial charge in [0, 0.05) is 9.75 Å². The van der Waals surface area contributed by atoms with E-state index in [1.165, 1.54) is 21.7 Å². The summed E-state index contributed by atoms with van der Waals surface area (Å²) in [5.74, 6) is 1.53. The fraction of sp³-hybridized carbons (Fsp3) is 0.333. The molecule has 1 aromatic carbocycles. The Labute approximate surface area is 115 Å². The van der Waals surface area contributed by atoms with E-state index in [1.807, 2.05) is 11.3 Å². The van der Waals surface area contributed by atoms with E-state index in [1.54, 1.807) is 0 Å². The lowest BCUT2D eigenvalue weighted by atomic mass is 10.1. The minimum Gasteiger partial charge on any atom is -0.145 e. The Bertz CT molecular complexity index is 503. The van der Waals surface area contributed by atoms with Gasteiger partial charge in [-0.3, -0.25) is 0 Å². The van der Waals surface area contributed by atoms with Gasteiger partial charge in [-0.25, -0.2) is 0 Å². The third-order valence-electron chi connectivity index (χ3n) is 3.48. The smallest absolute Gasteiger partial charge is 0.0523 e. The molecule has 3 atom stereocenters. The first-order valence-electron chi connectivity index (χ1n) is 6.01. The number of hydrogen-bond acceptors (Lipinski definition) is 1. The summed E-state index contributed by atoms with van der Waals surface area (Å²) in [6.07, 6.45) is 1.32. The van der Waals surface area contributed by atoms with Crippen LogP contribution in [0.3, 0.4) is 0 Å². The zero-order chi connectivity index (χ0) is 11.8. The predicted octanol–water partition coefficient (Wildman–Crippen LogP) is 5.30. The lowest BCUT2D eigenvalue weighted by Gasteiger charge is -2.07. The van der Waals surface area contributed by atoms with Crippen molar-refractivity contribution in [1.29, 1.82) is 0 Å². The van der Waals surface area contributed by atoms with E-state index in [4.69, 9.17) is 0 Å². The van der Waals surface area contributed by atoms with Crippen LogP contribution in [0.15, 0.2) is 42.5 Å². The molecule has 1 aliphatic carbocycles. The van der Waals surface area contributed by atoms with Crippen LogP contribution < -0.4 is 0 Å². The van der Waals surface area contributed by atoms with E-state index in [9.17, 15) is 0 Å². The minimum atomic E-state index is 0.534. The average Bonchev–Trinajstić information content (AvgIpc) is 3.05. The molecule has 1 aliphatic rings. The molecule has 2 heteroatoms. The molecule has 0 radical (unpaired) electrons. The second-order valence-corrected chi connectivity index (χ2v) is 7.07. The van der Waals surface area contributed by atoms with Crippen LogP contribution in [0, 0.1) is 12.8 Å². The van der Waals surface area contributed by atoms with Crippen molar-refractivity contribution in [3.05, 3.63) is 57.8 Å². The molecule has 0 spiro atoms. The van der Waals surface area contributed by atoms with Gasteiger partial charge in [-0.15, -0.1) is 11.3 Å². The molecular formula is C15H15BrS. The molecule has 3 rings (SSSR count). The summed E-state index contributed by atoms with van der Waals surface area (Å²) in [5, 5.41) is 0. The monoisotopic (exact) mass is 306 g/mol. The van der Waals surface area contributed by atoms with Crippen molar-refractivity contribution < 1.29 is 0 Å². The third kappa shape index (κ3) is 2.34. The largest absolute Gasteiger partial charge is 0.145 e. The minimum absolute atomic E-state index is 0.534. The quantitative estimate of drug-likeness (QED) is 0.675. The van der Waals surface area contributed by atoms with Gasteiger partial charge in [0.15, 0.2) is 0 Å². The molecule has 0 amide bonds. The van der Waals surface area contributed by atoms with Crippen molar-refractivity contribution in [1.82, 2.24) is 0 Å². The Hall–Kier alpha value is -0.600. The highest BCUT2D eigenvalue weighted by atomic mass is 79.9. The zero-order valence-electron chi connectivity index (χ0n) is 9.77. The first-order valence-corrected chi connectivity index (χ1v) is 7.74. The van der Waals surface area contributed by atoms with Crippen LogP contribution in [-0.2, 0) is 0 Å². The van der Waals surface area contributed by atoms with Gasteiger partial charge in [0.1, 0.15) is 0 Å². The van der Waals surface area contributed by atoms with Crippen molar-refractivity contribution in [2.75, 3.05) is 0 Å². The highest BCUT2D eigenvalue weighted by Crippen LogP contribution is 2.57. The van der Waals surface area contributed by atoms with Gasteiger partial charge in [-0.2, -0.15) is 0 Å². The Kier molecular flexibility index (Phi) is 3.10. The van der Waals surface area contributed by atoms with Crippen LogP contribution in [0.25, 0.3) is 0 Å². The second-order valence-electron chi connectivity index (χ2n) is 4.77. The van der Waals surface area contributed by atoms with E-state index in [2.05, 4.69) is 65.3 Å². The van der Waals surface area contributed by atoms with E-state index in [0.717, 1.165) is 11.8 Å². The molecule has 1 saturated carbocycles. The molecule has 0 nitrogen and oxygen atoms in total. The van der Waals surface area contributed by atoms with E-state index in [-0.39, 0.29) is 0 Å². The molecule has 1 fully saturated rings. The van der Waals surface area contributed by atoms with E-state index in [0.29, 0.717) is 4.83 Å². The fourth-order valence-electron chi connectivity index (χ4n) is 2.43. The average molecular weight is 307 g/mol. The number of thiophene rings is 1. The van der Waals surface area contributed by atoms with Gasteiger partial charge >= 0.3 is 0 Å². The molecule has 0 N–H and O–H groups in total. The topological polar surface area (TPSA) is 0 Å². The maximum absolute atomic E-state index is 3.87. The number of alkyl halides is 1. The molecule has 1 heterocycles. The summed E-state index contributed by atoms with van der Waals surface area (Å²) < 4.78 is 0. The lowest BCUT2D eigenvalue weighted by molar-refractivity contribution is 0.798. The van der Waals surface area contributed by atoms with Crippen molar-refractivity contribution in [3.8, 4) is 0 Å². The van der Waals surface area contributed by atoms with Gasteiger partial charge in [-0.1, -0.05) is 46.3 Å². The number of hydrogen-bond donors (Lipinski definition) is 0. The van der Waals surface area contributed by atoms with Crippen molar-refractivity contribution in [2.45, 2.75) is 24.1 Å². The Morgan fingerprint density at radius 1 is 1.18 bits per heavy atom. The second kappa shape index (κ2) is 4.58. The number of aryl methyl sites for hydroxylation is 1. The van der Waals surface area contributed by atoms with Gasteiger partial charge in [0.25, 0.3) is 0 Å². The number of benzene rings is 1. The maximum atomic E-state index is 3.87. The Balaban J connectivity index is 1.73. The molecule has 0 saturated heterocycles. The lowest BCUT2D eigenvalue weighted by Crippen LogP contribution is -1.91. The fourth-order valence-corrected chi connectivity index (χ4v) is 4.38. The highest BCUT2D eigenvalue weighted by molar-refractivity contribution is 9.09. The van der Waals surface area contributed by atoms with Crippen LogP contribution in [0.2, 0.25) is 0 Å².